The zero-order valence-corrected chi connectivity index (χ0v) is 8.05. The SMILES string of the molecule is CCO[SiH]1CCC(C)CN1. The maximum Gasteiger partial charge on any atom is 0.252 e. The molecule has 2 atom stereocenters. The Morgan fingerprint density at radius 2 is 2.50 bits per heavy atom. The predicted molar refractivity (Wildman–Crippen MR) is 45.4 cm³/mol. The fraction of sp³-hybridized carbons (Fsp3) is 1.00. The zero-order valence-electron chi connectivity index (χ0n) is 6.89. The normalized spacial score (nSPS) is 34.2. The number of hydrogen-bond acceptors (Lipinski definition) is 2. The van der Waals surface area contributed by atoms with E-state index in [4.69, 9.17) is 4.43 Å². The molecule has 10 heavy (non-hydrogen) atoms. The van der Waals surface area contributed by atoms with Crippen LogP contribution in [0.1, 0.15) is 20.3 Å². The third kappa shape index (κ3) is 2.40. The minimum Gasteiger partial charge on any atom is -0.406 e. The second-order valence-electron chi connectivity index (χ2n) is 3.03. The van der Waals surface area contributed by atoms with Gasteiger partial charge in [-0.2, -0.15) is 0 Å². The average molecular weight is 159 g/mol. The van der Waals surface area contributed by atoms with Crippen molar-refractivity contribution in [3.63, 3.8) is 0 Å². The monoisotopic (exact) mass is 159 g/mol. The van der Waals surface area contributed by atoms with Crippen LogP contribution < -0.4 is 4.98 Å². The van der Waals surface area contributed by atoms with Gasteiger partial charge in [0.05, 0.1) is 0 Å². The molecule has 0 spiro atoms. The van der Waals surface area contributed by atoms with Crippen LogP contribution in [0.25, 0.3) is 0 Å². The van der Waals surface area contributed by atoms with E-state index in [1.807, 2.05) is 0 Å². The lowest BCUT2D eigenvalue weighted by molar-refractivity contribution is 0.315. The van der Waals surface area contributed by atoms with Gasteiger partial charge in [0.15, 0.2) is 0 Å². The van der Waals surface area contributed by atoms with Crippen molar-refractivity contribution >= 4 is 9.20 Å². The Balaban J connectivity index is 2.13. The van der Waals surface area contributed by atoms with Crippen LogP contribution in [0, 0.1) is 5.92 Å². The average Bonchev–Trinajstić information content (AvgIpc) is 1.95. The molecule has 0 radical (unpaired) electrons. The van der Waals surface area contributed by atoms with Crippen molar-refractivity contribution in [2.24, 2.45) is 5.92 Å². The van der Waals surface area contributed by atoms with Gasteiger partial charge in [0, 0.05) is 6.61 Å². The van der Waals surface area contributed by atoms with Crippen LogP contribution in [-0.2, 0) is 4.43 Å². The van der Waals surface area contributed by atoms with Crippen molar-refractivity contribution in [2.45, 2.75) is 26.3 Å². The van der Waals surface area contributed by atoms with Crippen LogP contribution in [0.5, 0.6) is 0 Å². The molecule has 1 fully saturated rings. The van der Waals surface area contributed by atoms with Crippen molar-refractivity contribution in [3.8, 4) is 0 Å². The minimum absolute atomic E-state index is 0.865. The number of rotatable bonds is 2. The van der Waals surface area contributed by atoms with Gasteiger partial charge in [0.25, 0.3) is 9.20 Å². The van der Waals surface area contributed by atoms with Crippen molar-refractivity contribution < 1.29 is 4.43 Å². The highest BCUT2D eigenvalue weighted by Gasteiger charge is 2.18. The molecular formula is C7H17NOSi. The zero-order chi connectivity index (χ0) is 7.40. The topological polar surface area (TPSA) is 21.3 Å². The molecule has 1 aliphatic rings. The van der Waals surface area contributed by atoms with Gasteiger partial charge >= 0.3 is 0 Å². The number of nitrogens with one attached hydrogen (secondary N) is 1. The fourth-order valence-electron chi connectivity index (χ4n) is 1.32. The summed E-state index contributed by atoms with van der Waals surface area (Å²) in [6, 6.07) is 1.31. The highest BCUT2D eigenvalue weighted by atomic mass is 28.3. The van der Waals surface area contributed by atoms with E-state index in [9.17, 15) is 0 Å². The second kappa shape index (κ2) is 4.11. The van der Waals surface area contributed by atoms with E-state index >= 15 is 0 Å². The maximum absolute atomic E-state index is 5.56. The molecular weight excluding hydrogens is 142 g/mol. The van der Waals surface area contributed by atoms with Crippen LogP contribution in [-0.4, -0.2) is 22.4 Å². The van der Waals surface area contributed by atoms with Gasteiger partial charge in [-0.05, 0) is 31.9 Å². The highest BCUT2D eigenvalue weighted by molar-refractivity contribution is 6.49. The first kappa shape index (κ1) is 8.24. The fourth-order valence-corrected chi connectivity index (χ4v) is 3.74. The Labute approximate surface area is 64.8 Å². The molecule has 0 aliphatic carbocycles. The molecule has 60 valence electrons. The summed E-state index contributed by atoms with van der Waals surface area (Å²) in [5, 5.41) is 0. The predicted octanol–water partition coefficient (Wildman–Crippen LogP) is 0.873. The third-order valence-electron chi connectivity index (χ3n) is 1.98. The summed E-state index contributed by atoms with van der Waals surface area (Å²) in [6.07, 6.45) is 1.36. The van der Waals surface area contributed by atoms with Crippen LogP contribution in [0.4, 0.5) is 0 Å². The molecule has 0 aromatic rings. The van der Waals surface area contributed by atoms with Gasteiger partial charge in [-0.15, -0.1) is 0 Å². The van der Waals surface area contributed by atoms with Crippen molar-refractivity contribution in [3.05, 3.63) is 0 Å². The van der Waals surface area contributed by atoms with E-state index in [0.717, 1.165) is 12.5 Å². The Morgan fingerprint density at radius 3 is 3.00 bits per heavy atom. The molecule has 2 unspecified atom stereocenters. The summed E-state index contributed by atoms with van der Waals surface area (Å²) < 4.78 is 5.56. The second-order valence-corrected chi connectivity index (χ2v) is 5.33. The van der Waals surface area contributed by atoms with Gasteiger partial charge in [0.1, 0.15) is 0 Å². The largest absolute Gasteiger partial charge is 0.406 e. The number of hydrogen-bond donors (Lipinski definition) is 1. The lowest BCUT2D eigenvalue weighted by Crippen LogP contribution is -2.43. The van der Waals surface area contributed by atoms with E-state index in [2.05, 4.69) is 18.8 Å². The van der Waals surface area contributed by atoms with Gasteiger partial charge < -0.3 is 9.41 Å². The Morgan fingerprint density at radius 1 is 1.70 bits per heavy atom. The van der Waals surface area contributed by atoms with Gasteiger partial charge in [0.2, 0.25) is 0 Å². The summed E-state index contributed by atoms with van der Waals surface area (Å²) in [6.45, 7) is 6.44. The minimum atomic E-state index is -0.915. The van der Waals surface area contributed by atoms with Crippen LogP contribution >= 0.6 is 0 Å². The quantitative estimate of drug-likeness (QED) is 0.604. The van der Waals surface area contributed by atoms with E-state index in [-0.39, 0.29) is 0 Å². The summed E-state index contributed by atoms with van der Waals surface area (Å²) in [5.41, 5.74) is 0. The first-order valence-corrected chi connectivity index (χ1v) is 6.04. The molecule has 0 aromatic carbocycles. The Kier molecular flexibility index (Phi) is 3.38. The molecule has 0 bridgehead atoms. The molecule has 1 saturated heterocycles. The Hall–Kier alpha value is 0.137. The first-order chi connectivity index (χ1) is 4.83. The molecule has 1 N–H and O–H groups in total. The molecule has 1 heterocycles. The van der Waals surface area contributed by atoms with Crippen LogP contribution in [0.3, 0.4) is 0 Å². The lowest BCUT2D eigenvalue weighted by Gasteiger charge is -2.25. The first-order valence-electron chi connectivity index (χ1n) is 4.18. The summed E-state index contributed by atoms with van der Waals surface area (Å²) in [4.78, 5) is 3.49. The molecule has 0 amide bonds. The standard InChI is InChI=1S/C7H17NOSi/c1-3-9-10-5-4-7(2)6-8-10/h7-8,10H,3-6H2,1-2H3. The lowest BCUT2D eigenvalue weighted by atomic mass is 10.1. The summed E-state index contributed by atoms with van der Waals surface area (Å²) in [7, 11) is -0.915. The Bertz CT molecular complexity index is 91.6. The van der Waals surface area contributed by atoms with Crippen molar-refractivity contribution in [2.75, 3.05) is 13.2 Å². The molecule has 1 aliphatic heterocycles. The van der Waals surface area contributed by atoms with Crippen LogP contribution in [0.15, 0.2) is 0 Å². The molecule has 1 rings (SSSR count). The van der Waals surface area contributed by atoms with Gasteiger partial charge in [-0.3, -0.25) is 0 Å². The van der Waals surface area contributed by atoms with Crippen molar-refractivity contribution in [1.82, 2.24) is 4.98 Å². The smallest absolute Gasteiger partial charge is 0.252 e. The van der Waals surface area contributed by atoms with E-state index in [1.165, 1.54) is 19.0 Å². The van der Waals surface area contributed by atoms with Gasteiger partial charge in [-0.25, -0.2) is 0 Å². The highest BCUT2D eigenvalue weighted by Crippen LogP contribution is 2.12. The maximum atomic E-state index is 5.56. The molecule has 3 heteroatoms. The van der Waals surface area contributed by atoms with E-state index < -0.39 is 9.20 Å². The summed E-state index contributed by atoms with van der Waals surface area (Å²) >= 11 is 0. The molecule has 0 saturated carbocycles. The summed E-state index contributed by atoms with van der Waals surface area (Å²) in [5.74, 6) is 0.865. The van der Waals surface area contributed by atoms with Crippen molar-refractivity contribution in [1.29, 1.82) is 0 Å². The van der Waals surface area contributed by atoms with Gasteiger partial charge in [-0.1, -0.05) is 6.92 Å². The van der Waals surface area contributed by atoms with E-state index in [0.29, 0.717) is 0 Å². The van der Waals surface area contributed by atoms with Crippen LogP contribution in [0.2, 0.25) is 6.04 Å². The molecule has 2 nitrogen and oxygen atoms in total. The molecule has 0 aromatic heterocycles. The van der Waals surface area contributed by atoms with E-state index in [1.54, 1.807) is 0 Å². The third-order valence-corrected chi connectivity index (χ3v) is 4.27.